The molecule has 1 atom stereocenters. The summed E-state index contributed by atoms with van der Waals surface area (Å²) < 4.78 is 0. The Balaban J connectivity index is 3.45. The van der Waals surface area contributed by atoms with Crippen LogP contribution >= 0.6 is 11.6 Å². The molecule has 0 aromatic heterocycles. The molecule has 0 aliphatic rings. The fourth-order valence-electron chi connectivity index (χ4n) is 1.68. The van der Waals surface area contributed by atoms with Gasteiger partial charge in [-0.05, 0) is 36.1 Å². The van der Waals surface area contributed by atoms with Crippen molar-refractivity contribution in [1.29, 1.82) is 5.26 Å². The van der Waals surface area contributed by atoms with Gasteiger partial charge in [-0.2, -0.15) is 5.26 Å². The summed E-state index contributed by atoms with van der Waals surface area (Å²) in [5, 5.41) is 8.62. The van der Waals surface area contributed by atoms with Gasteiger partial charge in [-0.15, -0.1) is 0 Å². The lowest BCUT2D eigenvalue weighted by Crippen LogP contribution is -2.35. The zero-order chi connectivity index (χ0) is 12.3. The standard InChI is InChI=1S/C13H14ClNO/c1-9(2)13(3,12(14)16)11-7-5-4-6-10(11)8-15/h4-7,9H,1-3H3. The van der Waals surface area contributed by atoms with Crippen molar-refractivity contribution in [2.75, 3.05) is 0 Å². The van der Waals surface area contributed by atoms with Crippen molar-refractivity contribution in [2.45, 2.75) is 26.2 Å². The molecule has 0 amide bonds. The molecule has 1 aromatic rings. The van der Waals surface area contributed by atoms with Crippen LogP contribution in [0.4, 0.5) is 0 Å². The molecule has 0 saturated heterocycles. The monoisotopic (exact) mass is 235 g/mol. The maximum atomic E-state index is 11.6. The number of carbonyl (C=O) groups is 1. The second-order valence-electron chi connectivity index (χ2n) is 4.29. The number of hydrogen-bond acceptors (Lipinski definition) is 2. The van der Waals surface area contributed by atoms with Crippen molar-refractivity contribution in [2.24, 2.45) is 5.92 Å². The summed E-state index contributed by atoms with van der Waals surface area (Å²) >= 11 is 5.70. The van der Waals surface area contributed by atoms with Gasteiger partial charge >= 0.3 is 0 Å². The SMILES string of the molecule is CC(C)C(C)(C(=O)Cl)c1ccccc1C#N. The first-order valence-electron chi connectivity index (χ1n) is 5.14. The van der Waals surface area contributed by atoms with Crippen LogP contribution in [0.2, 0.25) is 0 Å². The molecule has 16 heavy (non-hydrogen) atoms. The Bertz CT molecular complexity index is 447. The van der Waals surface area contributed by atoms with Crippen LogP contribution in [0.15, 0.2) is 24.3 Å². The predicted molar refractivity (Wildman–Crippen MR) is 64.2 cm³/mol. The van der Waals surface area contributed by atoms with E-state index in [2.05, 4.69) is 6.07 Å². The van der Waals surface area contributed by atoms with E-state index in [1.807, 2.05) is 19.9 Å². The van der Waals surface area contributed by atoms with Gasteiger partial charge in [-0.25, -0.2) is 0 Å². The first kappa shape index (κ1) is 12.7. The minimum absolute atomic E-state index is 0.0343. The lowest BCUT2D eigenvalue weighted by atomic mass is 9.73. The van der Waals surface area contributed by atoms with Gasteiger partial charge in [0.2, 0.25) is 5.24 Å². The van der Waals surface area contributed by atoms with Gasteiger partial charge in [0.1, 0.15) is 0 Å². The number of nitrogens with zero attached hydrogens (tertiary/aromatic N) is 1. The summed E-state index contributed by atoms with van der Waals surface area (Å²) in [6.07, 6.45) is 0. The molecule has 1 aromatic carbocycles. The Kier molecular flexibility index (Phi) is 3.72. The van der Waals surface area contributed by atoms with E-state index in [-0.39, 0.29) is 5.92 Å². The maximum absolute atomic E-state index is 11.6. The molecule has 0 bridgehead atoms. The van der Waals surface area contributed by atoms with Crippen LogP contribution in [0, 0.1) is 17.2 Å². The Morgan fingerprint density at radius 1 is 1.44 bits per heavy atom. The zero-order valence-corrected chi connectivity index (χ0v) is 10.4. The van der Waals surface area contributed by atoms with Gasteiger partial charge < -0.3 is 0 Å². The van der Waals surface area contributed by atoms with E-state index >= 15 is 0 Å². The average Bonchev–Trinajstić information content (AvgIpc) is 2.27. The molecule has 0 heterocycles. The number of benzene rings is 1. The fraction of sp³-hybridized carbons (Fsp3) is 0.385. The van der Waals surface area contributed by atoms with E-state index < -0.39 is 10.7 Å². The Hall–Kier alpha value is -1.33. The van der Waals surface area contributed by atoms with Gasteiger partial charge in [0.15, 0.2) is 0 Å². The van der Waals surface area contributed by atoms with E-state index in [0.717, 1.165) is 0 Å². The summed E-state index contributed by atoms with van der Waals surface area (Å²) in [6.45, 7) is 5.63. The Morgan fingerprint density at radius 2 is 2.00 bits per heavy atom. The summed E-state index contributed by atoms with van der Waals surface area (Å²) in [5.74, 6) is 0.0343. The fourth-order valence-corrected chi connectivity index (χ4v) is 2.00. The topological polar surface area (TPSA) is 40.9 Å². The van der Waals surface area contributed by atoms with Crippen LogP contribution in [0.5, 0.6) is 0 Å². The van der Waals surface area contributed by atoms with Crippen LogP contribution in [-0.2, 0) is 10.2 Å². The van der Waals surface area contributed by atoms with Crippen molar-refractivity contribution in [3.63, 3.8) is 0 Å². The molecule has 0 aliphatic carbocycles. The minimum atomic E-state index is -0.812. The van der Waals surface area contributed by atoms with Gasteiger partial charge in [0, 0.05) is 0 Å². The number of halogens is 1. The quantitative estimate of drug-likeness (QED) is 0.755. The van der Waals surface area contributed by atoms with Crippen molar-refractivity contribution in [1.82, 2.24) is 0 Å². The molecule has 0 saturated carbocycles. The average molecular weight is 236 g/mol. The summed E-state index contributed by atoms with van der Waals surface area (Å²) in [6, 6.07) is 9.19. The largest absolute Gasteiger partial charge is 0.280 e. The second kappa shape index (κ2) is 4.67. The summed E-state index contributed by atoms with van der Waals surface area (Å²) in [4.78, 5) is 11.6. The third kappa shape index (κ3) is 1.96. The first-order chi connectivity index (χ1) is 7.44. The Labute approximate surface area is 101 Å². The molecule has 0 spiro atoms. The molecule has 2 nitrogen and oxygen atoms in total. The highest BCUT2D eigenvalue weighted by Gasteiger charge is 2.38. The number of hydrogen-bond donors (Lipinski definition) is 0. The summed E-state index contributed by atoms with van der Waals surface area (Å²) in [7, 11) is 0. The van der Waals surface area contributed by atoms with E-state index in [1.165, 1.54) is 0 Å². The first-order valence-corrected chi connectivity index (χ1v) is 5.52. The molecule has 1 rings (SSSR count). The van der Waals surface area contributed by atoms with Gasteiger partial charge in [-0.1, -0.05) is 32.0 Å². The molecule has 0 N–H and O–H groups in total. The molecular formula is C13H14ClNO. The highest BCUT2D eigenvalue weighted by atomic mass is 35.5. The Morgan fingerprint density at radius 3 is 2.44 bits per heavy atom. The predicted octanol–water partition coefficient (Wildman–Crippen LogP) is 3.24. The van der Waals surface area contributed by atoms with Crippen molar-refractivity contribution in [3.8, 4) is 6.07 Å². The van der Waals surface area contributed by atoms with Gasteiger partial charge in [0.05, 0.1) is 17.0 Å². The van der Waals surface area contributed by atoms with E-state index in [0.29, 0.717) is 11.1 Å². The highest BCUT2D eigenvalue weighted by molar-refractivity contribution is 6.65. The van der Waals surface area contributed by atoms with Crippen LogP contribution in [0.25, 0.3) is 0 Å². The van der Waals surface area contributed by atoms with Gasteiger partial charge in [-0.3, -0.25) is 4.79 Å². The molecule has 1 unspecified atom stereocenters. The van der Waals surface area contributed by atoms with Gasteiger partial charge in [0.25, 0.3) is 0 Å². The van der Waals surface area contributed by atoms with Crippen molar-refractivity contribution < 1.29 is 4.79 Å². The van der Waals surface area contributed by atoms with Crippen molar-refractivity contribution in [3.05, 3.63) is 35.4 Å². The molecular weight excluding hydrogens is 222 g/mol. The lowest BCUT2D eigenvalue weighted by molar-refractivity contribution is -0.117. The van der Waals surface area contributed by atoms with E-state index in [1.54, 1.807) is 25.1 Å². The molecule has 0 fully saturated rings. The second-order valence-corrected chi connectivity index (χ2v) is 4.63. The smallest absolute Gasteiger partial charge is 0.232 e. The van der Waals surface area contributed by atoms with Crippen LogP contribution in [0.3, 0.4) is 0 Å². The van der Waals surface area contributed by atoms with E-state index in [4.69, 9.17) is 16.9 Å². The highest BCUT2D eigenvalue weighted by Crippen LogP contribution is 2.36. The molecule has 0 radical (unpaired) electrons. The van der Waals surface area contributed by atoms with Crippen LogP contribution in [-0.4, -0.2) is 5.24 Å². The van der Waals surface area contributed by atoms with Crippen molar-refractivity contribution >= 4 is 16.8 Å². The minimum Gasteiger partial charge on any atom is -0.280 e. The third-order valence-electron chi connectivity index (χ3n) is 3.17. The third-order valence-corrected chi connectivity index (χ3v) is 3.56. The molecule has 0 aliphatic heterocycles. The summed E-state index contributed by atoms with van der Waals surface area (Å²) in [5.41, 5.74) is 0.397. The number of carbonyl (C=O) groups excluding carboxylic acids is 1. The number of nitriles is 1. The maximum Gasteiger partial charge on any atom is 0.232 e. The number of rotatable bonds is 3. The normalized spacial score (nSPS) is 14.2. The lowest BCUT2D eigenvalue weighted by Gasteiger charge is -2.30. The van der Waals surface area contributed by atoms with Crippen LogP contribution < -0.4 is 0 Å². The zero-order valence-electron chi connectivity index (χ0n) is 9.62. The molecule has 3 heteroatoms. The molecule has 84 valence electrons. The van der Waals surface area contributed by atoms with E-state index in [9.17, 15) is 4.79 Å². The van der Waals surface area contributed by atoms with Crippen LogP contribution in [0.1, 0.15) is 31.9 Å².